The molecule has 1 amide bonds. The third-order valence-corrected chi connectivity index (χ3v) is 10.4. The third-order valence-electron chi connectivity index (χ3n) is 9.07. The molecule has 1 saturated heterocycles. The van der Waals surface area contributed by atoms with Gasteiger partial charge in [0.25, 0.3) is 5.91 Å². The van der Waals surface area contributed by atoms with Crippen LogP contribution in [0.5, 0.6) is 11.5 Å². The van der Waals surface area contributed by atoms with E-state index in [2.05, 4.69) is 0 Å². The molecule has 45 heavy (non-hydrogen) atoms. The highest BCUT2D eigenvalue weighted by atomic mass is 32.2. The Balaban J connectivity index is 1.19. The predicted octanol–water partition coefficient (Wildman–Crippen LogP) is 6.40. The van der Waals surface area contributed by atoms with Crippen LogP contribution in [-0.4, -0.2) is 54.0 Å². The van der Waals surface area contributed by atoms with Crippen molar-refractivity contribution in [3.8, 4) is 22.8 Å². The van der Waals surface area contributed by atoms with Crippen LogP contribution < -0.4 is 15.2 Å². The van der Waals surface area contributed by atoms with Crippen molar-refractivity contribution in [2.24, 2.45) is 17.6 Å². The lowest BCUT2D eigenvalue weighted by Crippen LogP contribution is -2.41. The Morgan fingerprint density at radius 3 is 2.67 bits per heavy atom. The molecule has 2 bridgehead atoms. The van der Waals surface area contributed by atoms with Crippen LogP contribution in [-0.2, 0) is 27.2 Å². The molecule has 6 rings (SSSR count). The molecule has 1 aromatic heterocycles. The minimum Gasteiger partial charge on any atom is -0.497 e. The van der Waals surface area contributed by atoms with E-state index in [1.54, 1.807) is 20.3 Å². The first-order valence-electron chi connectivity index (χ1n) is 15.4. The molecule has 1 aliphatic heterocycles. The number of carbonyl (C=O) groups excluding carboxylic acids is 2. The van der Waals surface area contributed by atoms with Gasteiger partial charge in [-0.3, -0.25) is 14.5 Å². The number of amides is 1. The number of methoxy groups -OCH3 is 2. The van der Waals surface area contributed by atoms with Crippen LogP contribution in [0.15, 0.2) is 63.9 Å². The van der Waals surface area contributed by atoms with Crippen LogP contribution >= 0.6 is 24.0 Å². The number of nitrogens with two attached hydrogens (primary N) is 1. The van der Waals surface area contributed by atoms with Crippen molar-refractivity contribution in [3.63, 3.8) is 0 Å². The number of rotatable bonds is 12. The summed E-state index contributed by atoms with van der Waals surface area (Å²) < 4.78 is 23.5. The Kier molecular flexibility index (Phi) is 9.63. The molecule has 2 heterocycles. The van der Waals surface area contributed by atoms with Gasteiger partial charge in [-0.2, -0.15) is 0 Å². The van der Waals surface area contributed by atoms with Crippen LogP contribution in [0.4, 0.5) is 0 Å². The smallest absolute Gasteiger partial charge is 0.323 e. The quantitative estimate of drug-likeness (QED) is 0.104. The van der Waals surface area contributed by atoms with E-state index < -0.39 is 12.0 Å². The van der Waals surface area contributed by atoms with E-state index in [1.807, 2.05) is 59.5 Å². The summed E-state index contributed by atoms with van der Waals surface area (Å²) in [5.41, 5.74) is 8.73. The average molecular weight is 647 g/mol. The van der Waals surface area contributed by atoms with Crippen molar-refractivity contribution in [1.29, 1.82) is 0 Å². The summed E-state index contributed by atoms with van der Waals surface area (Å²) in [6.45, 7) is 0.208. The SMILES string of the molecule is COc1ccc(-c2cc(CCCOC(=O)C(N)Cc3ccccc3)c(/C=C3\SC(=S)N([C@H]4C[C@H]5CC[C@H]4C5)C3=O)o2)c(OC)c1. The number of hydrogen-bond acceptors (Lipinski definition) is 9. The lowest BCUT2D eigenvalue weighted by Gasteiger charge is -2.30. The second kappa shape index (κ2) is 13.8. The Labute approximate surface area is 273 Å². The number of ether oxygens (including phenoxy) is 3. The Morgan fingerprint density at radius 2 is 1.96 bits per heavy atom. The molecule has 0 radical (unpaired) electrons. The topological polar surface area (TPSA) is 104 Å². The molecule has 0 spiro atoms. The summed E-state index contributed by atoms with van der Waals surface area (Å²) in [4.78, 5) is 28.7. The number of nitrogens with zero attached hydrogens (tertiary/aromatic N) is 1. The zero-order chi connectivity index (χ0) is 31.5. The van der Waals surface area contributed by atoms with Gasteiger partial charge >= 0.3 is 5.97 Å². The van der Waals surface area contributed by atoms with Gasteiger partial charge in [-0.25, -0.2) is 0 Å². The van der Waals surface area contributed by atoms with Crippen LogP contribution in [0.2, 0.25) is 0 Å². The molecule has 3 aromatic rings. The molecule has 2 saturated carbocycles. The van der Waals surface area contributed by atoms with Crippen LogP contribution in [0.1, 0.15) is 49.0 Å². The maximum absolute atomic E-state index is 13.7. The highest BCUT2D eigenvalue weighted by molar-refractivity contribution is 8.26. The molecule has 3 fully saturated rings. The molecule has 2 aromatic carbocycles. The number of fused-ring (bicyclic) bond motifs is 2. The van der Waals surface area contributed by atoms with Crippen molar-refractivity contribution in [2.45, 2.75) is 57.0 Å². The highest BCUT2D eigenvalue weighted by Crippen LogP contribution is 2.49. The Bertz CT molecular complexity index is 1600. The van der Waals surface area contributed by atoms with E-state index >= 15 is 0 Å². The standard InChI is InChI=1S/C35H38N2O6S2/c1-40-25-12-13-26(30(19-25)41-2)31-18-24(9-6-14-42-34(39)27(36)16-21-7-4-3-5-8-21)29(43-31)20-32-33(38)37(35(44)45-32)28-17-22-10-11-23(28)15-22/h3-5,7-8,12-13,18-20,22-23,27-28H,6,9-11,14-17,36H2,1-2H3/b32-20-/t22-,23-,27?,28-/m0/s1. The number of thiocarbonyl (C=S) groups is 1. The first-order valence-corrected chi connectivity index (χ1v) is 16.7. The Morgan fingerprint density at radius 1 is 1.13 bits per heavy atom. The van der Waals surface area contributed by atoms with Gasteiger partial charge in [0, 0.05) is 18.2 Å². The number of thioether (sulfide) groups is 1. The number of benzene rings is 2. The monoisotopic (exact) mass is 646 g/mol. The minimum absolute atomic E-state index is 0.0465. The van der Waals surface area contributed by atoms with Gasteiger partial charge in [0.1, 0.15) is 33.4 Å². The van der Waals surface area contributed by atoms with Crippen LogP contribution in [0.3, 0.4) is 0 Å². The van der Waals surface area contributed by atoms with E-state index in [0.717, 1.165) is 23.1 Å². The molecular weight excluding hydrogens is 609 g/mol. The van der Waals surface area contributed by atoms with Crippen molar-refractivity contribution in [2.75, 3.05) is 20.8 Å². The van der Waals surface area contributed by atoms with E-state index in [1.165, 1.54) is 31.0 Å². The van der Waals surface area contributed by atoms with Crippen molar-refractivity contribution >= 4 is 46.3 Å². The second-order valence-corrected chi connectivity index (χ2v) is 13.6. The molecule has 236 valence electrons. The van der Waals surface area contributed by atoms with E-state index in [0.29, 0.717) is 63.3 Å². The maximum atomic E-state index is 13.7. The first-order chi connectivity index (χ1) is 21.8. The lowest BCUT2D eigenvalue weighted by molar-refractivity contribution is -0.145. The zero-order valence-electron chi connectivity index (χ0n) is 25.5. The molecule has 4 atom stereocenters. The molecule has 10 heteroatoms. The molecule has 2 N–H and O–H groups in total. The lowest BCUT2D eigenvalue weighted by atomic mass is 9.94. The van der Waals surface area contributed by atoms with E-state index in [9.17, 15) is 9.59 Å². The number of aryl methyl sites for hydroxylation is 1. The molecule has 8 nitrogen and oxygen atoms in total. The van der Waals surface area contributed by atoms with Gasteiger partial charge in [0.2, 0.25) is 0 Å². The van der Waals surface area contributed by atoms with E-state index in [4.69, 9.17) is 36.6 Å². The summed E-state index contributed by atoms with van der Waals surface area (Å²) in [6.07, 6.45) is 7.98. The van der Waals surface area contributed by atoms with Gasteiger partial charge in [0.15, 0.2) is 0 Å². The highest BCUT2D eigenvalue weighted by Gasteiger charge is 2.48. The van der Waals surface area contributed by atoms with E-state index in [-0.39, 0.29) is 18.6 Å². The van der Waals surface area contributed by atoms with Crippen LogP contribution in [0.25, 0.3) is 17.4 Å². The fourth-order valence-electron chi connectivity index (χ4n) is 6.80. The molecule has 3 aliphatic rings. The first kappa shape index (κ1) is 31.4. The molecule has 1 unspecified atom stereocenters. The van der Waals surface area contributed by atoms with Crippen LogP contribution in [0, 0.1) is 11.8 Å². The maximum Gasteiger partial charge on any atom is 0.323 e. The van der Waals surface area contributed by atoms with Crippen molar-refractivity contribution in [3.05, 3.63) is 76.4 Å². The van der Waals surface area contributed by atoms with Gasteiger partial charge in [-0.05, 0) is 79.7 Å². The average Bonchev–Trinajstić information content (AvgIpc) is 3.84. The Hall–Kier alpha value is -3.60. The number of hydrogen-bond donors (Lipinski definition) is 1. The summed E-state index contributed by atoms with van der Waals surface area (Å²) in [5, 5.41) is 0. The summed E-state index contributed by atoms with van der Waals surface area (Å²) in [6, 6.07) is 16.6. The largest absolute Gasteiger partial charge is 0.497 e. The number of esters is 1. The van der Waals surface area contributed by atoms with Crippen molar-refractivity contribution < 1.29 is 28.2 Å². The summed E-state index contributed by atoms with van der Waals surface area (Å²) >= 11 is 7.05. The molecular formula is C35H38N2O6S2. The zero-order valence-corrected chi connectivity index (χ0v) is 27.2. The fourth-order valence-corrected chi connectivity index (χ4v) is 8.15. The van der Waals surface area contributed by atoms with Gasteiger partial charge in [0.05, 0.1) is 31.3 Å². The fraction of sp³-hybridized carbons (Fsp3) is 0.400. The van der Waals surface area contributed by atoms with Gasteiger partial charge in [-0.15, -0.1) is 0 Å². The normalized spacial score (nSPS) is 22.3. The summed E-state index contributed by atoms with van der Waals surface area (Å²) in [7, 11) is 3.20. The van der Waals surface area contributed by atoms with Gasteiger partial charge in [-0.1, -0.05) is 60.7 Å². The second-order valence-electron chi connectivity index (χ2n) is 11.9. The minimum atomic E-state index is -0.733. The number of furan rings is 1. The number of carbonyl (C=O) groups is 2. The van der Waals surface area contributed by atoms with Gasteiger partial charge < -0.3 is 24.4 Å². The third kappa shape index (κ3) is 6.83. The summed E-state index contributed by atoms with van der Waals surface area (Å²) in [5.74, 6) is 3.20. The molecule has 2 aliphatic carbocycles. The van der Waals surface area contributed by atoms with Crippen molar-refractivity contribution in [1.82, 2.24) is 4.90 Å². The predicted molar refractivity (Wildman–Crippen MR) is 179 cm³/mol.